The largest absolute Gasteiger partial charge is 0.379 e. The van der Waals surface area contributed by atoms with Crippen molar-refractivity contribution in [3.05, 3.63) is 35.4 Å². The molecule has 1 aromatic carbocycles. The third-order valence-corrected chi connectivity index (χ3v) is 4.36. The Morgan fingerprint density at radius 2 is 2.15 bits per heavy atom. The van der Waals surface area contributed by atoms with Crippen LogP contribution in [0.5, 0.6) is 0 Å². The molecular formula is C20H32N4O3. The second-order valence-corrected chi connectivity index (χ2v) is 6.79. The van der Waals surface area contributed by atoms with Crippen molar-refractivity contribution in [2.24, 2.45) is 4.99 Å². The van der Waals surface area contributed by atoms with Gasteiger partial charge in [-0.05, 0) is 37.0 Å². The van der Waals surface area contributed by atoms with Gasteiger partial charge in [-0.2, -0.15) is 0 Å². The topological polar surface area (TPSA) is 75.2 Å². The van der Waals surface area contributed by atoms with Gasteiger partial charge in [-0.1, -0.05) is 12.1 Å². The smallest absolute Gasteiger partial charge is 0.253 e. The Labute approximate surface area is 162 Å². The van der Waals surface area contributed by atoms with Crippen molar-refractivity contribution in [1.82, 2.24) is 15.5 Å². The van der Waals surface area contributed by atoms with Crippen LogP contribution in [0.25, 0.3) is 0 Å². The number of guanidine groups is 1. The zero-order valence-electron chi connectivity index (χ0n) is 16.7. The number of rotatable bonds is 9. The van der Waals surface area contributed by atoms with E-state index in [2.05, 4.69) is 15.6 Å². The van der Waals surface area contributed by atoms with E-state index >= 15 is 0 Å². The van der Waals surface area contributed by atoms with Crippen LogP contribution in [0.3, 0.4) is 0 Å². The zero-order valence-corrected chi connectivity index (χ0v) is 16.7. The number of hydrogen-bond donors (Lipinski definition) is 2. The number of benzene rings is 1. The molecule has 1 unspecified atom stereocenters. The maximum Gasteiger partial charge on any atom is 0.253 e. The standard InChI is InChI=1S/C20H32N4O3/c1-21-20(22-10-5-12-27-18-9-13-26-15-18)23-11-8-16-6-4-7-17(14-16)19(25)24(2)3/h4,6-7,14,18H,5,8-13,15H2,1-3H3,(H2,21,22,23). The zero-order chi connectivity index (χ0) is 19.5. The van der Waals surface area contributed by atoms with Crippen LogP contribution >= 0.6 is 0 Å². The molecule has 0 bridgehead atoms. The first-order valence-corrected chi connectivity index (χ1v) is 9.54. The molecule has 0 aliphatic carbocycles. The molecule has 27 heavy (non-hydrogen) atoms. The van der Waals surface area contributed by atoms with Crippen LogP contribution in [0.15, 0.2) is 29.3 Å². The number of hydrogen-bond acceptors (Lipinski definition) is 4. The molecule has 1 aliphatic rings. The fourth-order valence-corrected chi connectivity index (χ4v) is 2.84. The van der Waals surface area contributed by atoms with E-state index in [1.54, 1.807) is 26.0 Å². The van der Waals surface area contributed by atoms with Gasteiger partial charge in [0.2, 0.25) is 0 Å². The first-order chi connectivity index (χ1) is 13.1. The molecule has 0 aromatic heterocycles. The lowest BCUT2D eigenvalue weighted by Gasteiger charge is -2.14. The number of amides is 1. The normalized spacial score (nSPS) is 17.0. The van der Waals surface area contributed by atoms with Gasteiger partial charge in [0.15, 0.2) is 5.96 Å². The summed E-state index contributed by atoms with van der Waals surface area (Å²) < 4.78 is 11.0. The minimum Gasteiger partial charge on any atom is -0.379 e. The van der Waals surface area contributed by atoms with Gasteiger partial charge in [-0.15, -0.1) is 0 Å². The maximum atomic E-state index is 12.0. The van der Waals surface area contributed by atoms with E-state index < -0.39 is 0 Å². The number of aliphatic imine (C=N–C) groups is 1. The molecule has 2 rings (SSSR count). The average Bonchev–Trinajstić information content (AvgIpc) is 3.19. The fraction of sp³-hybridized carbons (Fsp3) is 0.600. The molecule has 0 saturated carbocycles. The van der Waals surface area contributed by atoms with Crippen molar-refractivity contribution in [3.8, 4) is 0 Å². The van der Waals surface area contributed by atoms with Crippen LogP contribution in [0, 0.1) is 0 Å². The van der Waals surface area contributed by atoms with Crippen molar-refractivity contribution in [2.45, 2.75) is 25.4 Å². The van der Waals surface area contributed by atoms with Crippen LogP contribution in [0.1, 0.15) is 28.8 Å². The average molecular weight is 377 g/mol. The molecule has 1 amide bonds. The van der Waals surface area contributed by atoms with Gasteiger partial charge in [0, 0.05) is 53.0 Å². The summed E-state index contributed by atoms with van der Waals surface area (Å²) in [5.74, 6) is 0.799. The Balaban J connectivity index is 1.64. The Hall–Kier alpha value is -2.12. The van der Waals surface area contributed by atoms with E-state index in [4.69, 9.17) is 9.47 Å². The van der Waals surface area contributed by atoms with Gasteiger partial charge < -0.3 is 25.0 Å². The van der Waals surface area contributed by atoms with Crippen LogP contribution in [0.4, 0.5) is 0 Å². The van der Waals surface area contributed by atoms with Gasteiger partial charge >= 0.3 is 0 Å². The van der Waals surface area contributed by atoms with Crippen molar-refractivity contribution in [1.29, 1.82) is 0 Å². The predicted molar refractivity (Wildman–Crippen MR) is 107 cm³/mol. The number of nitrogens with one attached hydrogen (secondary N) is 2. The van der Waals surface area contributed by atoms with Crippen molar-refractivity contribution in [2.75, 3.05) is 54.1 Å². The summed E-state index contributed by atoms with van der Waals surface area (Å²) in [6, 6.07) is 7.76. The molecule has 1 fully saturated rings. The van der Waals surface area contributed by atoms with Crippen LogP contribution in [-0.4, -0.2) is 76.9 Å². The van der Waals surface area contributed by atoms with Crippen molar-refractivity contribution >= 4 is 11.9 Å². The SMILES string of the molecule is CN=C(NCCCOC1CCOC1)NCCc1cccc(C(=O)N(C)C)c1. The van der Waals surface area contributed by atoms with Gasteiger partial charge in [0.1, 0.15) is 0 Å². The third-order valence-electron chi connectivity index (χ3n) is 4.36. The minimum absolute atomic E-state index is 0.0219. The molecular weight excluding hydrogens is 344 g/mol. The van der Waals surface area contributed by atoms with Crippen LogP contribution < -0.4 is 10.6 Å². The second kappa shape index (κ2) is 11.6. The quantitative estimate of drug-likeness (QED) is 0.386. The number of ether oxygens (including phenoxy) is 2. The molecule has 0 spiro atoms. The molecule has 2 N–H and O–H groups in total. The van der Waals surface area contributed by atoms with Gasteiger partial charge in [-0.3, -0.25) is 9.79 Å². The molecule has 150 valence electrons. The highest BCUT2D eigenvalue weighted by atomic mass is 16.5. The summed E-state index contributed by atoms with van der Waals surface area (Å²) in [5, 5.41) is 6.60. The molecule has 1 saturated heterocycles. The summed E-state index contributed by atoms with van der Waals surface area (Å²) in [4.78, 5) is 17.9. The molecule has 1 heterocycles. The number of nitrogens with zero attached hydrogens (tertiary/aromatic N) is 2. The molecule has 0 radical (unpaired) electrons. The Morgan fingerprint density at radius 3 is 2.85 bits per heavy atom. The predicted octanol–water partition coefficient (Wildman–Crippen LogP) is 1.29. The highest BCUT2D eigenvalue weighted by Gasteiger charge is 2.15. The maximum absolute atomic E-state index is 12.0. The lowest BCUT2D eigenvalue weighted by molar-refractivity contribution is 0.0420. The lowest BCUT2D eigenvalue weighted by atomic mass is 10.1. The Bertz CT molecular complexity index is 613. The number of carbonyl (C=O) groups excluding carboxylic acids is 1. The first-order valence-electron chi connectivity index (χ1n) is 9.54. The van der Waals surface area contributed by atoms with E-state index in [1.165, 1.54) is 0 Å². The highest BCUT2D eigenvalue weighted by molar-refractivity contribution is 5.94. The molecule has 7 nitrogen and oxygen atoms in total. The van der Waals surface area contributed by atoms with E-state index in [9.17, 15) is 4.79 Å². The molecule has 1 aliphatic heterocycles. The van der Waals surface area contributed by atoms with Gasteiger partial charge in [0.05, 0.1) is 12.7 Å². The summed E-state index contributed by atoms with van der Waals surface area (Å²) in [6.45, 7) is 3.81. The van der Waals surface area contributed by atoms with Gasteiger partial charge in [-0.25, -0.2) is 0 Å². The number of carbonyl (C=O) groups is 1. The second-order valence-electron chi connectivity index (χ2n) is 6.79. The minimum atomic E-state index is 0.0219. The Kier molecular flexibility index (Phi) is 9.07. The van der Waals surface area contributed by atoms with E-state index in [-0.39, 0.29) is 12.0 Å². The first kappa shape index (κ1) is 21.2. The highest BCUT2D eigenvalue weighted by Crippen LogP contribution is 2.08. The summed E-state index contributed by atoms with van der Waals surface area (Å²) in [5.41, 5.74) is 1.84. The lowest BCUT2D eigenvalue weighted by Crippen LogP contribution is -2.39. The van der Waals surface area contributed by atoms with Crippen molar-refractivity contribution < 1.29 is 14.3 Å². The molecule has 1 atom stereocenters. The van der Waals surface area contributed by atoms with E-state index in [0.29, 0.717) is 5.56 Å². The van der Waals surface area contributed by atoms with Crippen LogP contribution in [0.2, 0.25) is 0 Å². The van der Waals surface area contributed by atoms with Gasteiger partial charge in [0.25, 0.3) is 5.91 Å². The summed E-state index contributed by atoms with van der Waals surface area (Å²) in [6.07, 6.45) is 3.00. The summed E-state index contributed by atoms with van der Waals surface area (Å²) in [7, 11) is 5.29. The fourth-order valence-electron chi connectivity index (χ4n) is 2.84. The monoisotopic (exact) mass is 376 g/mol. The molecule has 7 heteroatoms. The van der Waals surface area contributed by atoms with Crippen LogP contribution in [-0.2, 0) is 15.9 Å². The van der Waals surface area contributed by atoms with Crippen molar-refractivity contribution in [3.63, 3.8) is 0 Å². The summed E-state index contributed by atoms with van der Waals surface area (Å²) >= 11 is 0. The van der Waals surface area contributed by atoms with E-state index in [1.807, 2.05) is 24.3 Å². The van der Waals surface area contributed by atoms with E-state index in [0.717, 1.165) is 63.7 Å². The molecule has 1 aromatic rings. The Morgan fingerprint density at radius 1 is 1.33 bits per heavy atom. The third kappa shape index (κ3) is 7.56.